The van der Waals surface area contributed by atoms with Gasteiger partial charge in [-0.15, -0.1) is 11.3 Å². The van der Waals surface area contributed by atoms with Gasteiger partial charge in [-0.3, -0.25) is 9.59 Å². The minimum Gasteiger partial charge on any atom is -0.354 e. The molecule has 0 bridgehead atoms. The molecule has 0 aliphatic carbocycles. The molecule has 1 heterocycles. The lowest BCUT2D eigenvalue weighted by Gasteiger charge is -2.22. The third kappa shape index (κ3) is 6.92. The van der Waals surface area contributed by atoms with Gasteiger partial charge in [0.2, 0.25) is 5.91 Å². The van der Waals surface area contributed by atoms with Crippen molar-refractivity contribution in [2.24, 2.45) is 0 Å². The molecule has 0 aliphatic heterocycles. The Hall–Kier alpha value is -3.19. The Balaban J connectivity index is 1.71. The highest BCUT2D eigenvalue weighted by atomic mass is 32.1. The minimum atomic E-state index is -0.182. The van der Waals surface area contributed by atoms with Crippen molar-refractivity contribution in [2.75, 3.05) is 11.9 Å². The summed E-state index contributed by atoms with van der Waals surface area (Å²) in [6, 6.07) is 17.9. The lowest BCUT2D eigenvalue weighted by molar-refractivity contribution is -0.121. The Labute approximate surface area is 193 Å². The number of benzene rings is 2. The van der Waals surface area contributed by atoms with Crippen LogP contribution in [-0.4, -0.2) is 34.3 Å². The average Bonchev–Trinajstić information content (AvgIpc) is 3.25. The Bertz CT molecular complexity index is 1040. The molecule has 0 saturated heterocycles. The van der Waals surface area contributed by atoms with Crippen LogP contribution in [0.1, 0.15) is 48.3 Å². The van der Waals surface area contributed by atoms with E-state index in [0.717, 1.165) is 23.2 Å². The van der Waals surface area contributed by atoms with E-state index < -0.39 is 0 Å². The Morgan fingerprint density at radius 2 is 1.91 bits per heavy atom. The van der Waals surface area contributed by atoms with E-state index in [1.807, 2.05) is 75.4 Å². The second-order valence-corrected chi connectivity index (χ2v) is 8.73. The predicted molar refractivity (Wildman–Crippen MR) is 130 cm³/mol. The number of nitrogens with zero attached hydrogens (tertiary/aromatic N) is 2. The fourth-order valence-corrected chi connectivity index (χ4v) is 3.88. The number of rotatable bonds is 10. The van der Waals surface area contributed by atoms with Crippen molar-refractivity contribution in [1.29, 1.82) is 0 Å². The van der Waals surface area contributed by atoms with Crippen LogP contribution in [0.25, 0.3) is 0 Å². The number of amides is 2. The summed E-state index contributed by atoms with van der Waals surface area (Å²) in [6.07, 6.45) is 1.12. The zero-order valence-corrected chi connectivity index (χ0v) is 19.6. The third-order valence-electron chi connectivity index (χ3n) is 5.12. The zero-order valence-electron chi connectivity index (χ0n) is 18.8. The van der Waals surface area contributed by atoms with Crippen molar-refractivity contribution >= 4 is 34.0 Å². The molecule has 3 aromatic rings. The molecule has 0 radical (unpaired) electrons. The van der Waals surface area contributed by atoms with E-state index in [1.165, 1.54) is 11.3 Å². The molecule has 2 aromatic carbocycles. The van der Waals surface area contributed by atoms with Crippen LogP contribution in [-0.2, 0) is 11.3 Å². The molecule has 1 atom stereocenters. The molecule has 0 saturated carbocycles. The van der Waals surface area contributed by atoms with Gasteiger partial charge in [0.1, 0.15) is 5.69 Å². The summed E-state index contributed by atoms with van der Waals surface area (Å²) in [5.74, 6) is -0.232. The summed E-state index contributed by atoms with van der Waals surface area (Å²) in [5, 5.41) is 8.64. The number of carbonyl (C=O) groups is 2. The summed E-state index contributed by atoms with van der Waals surface area (Å²) in [7, 11) is 0. The van der Waals surface area contributed by atoms with Gasteiger partial charge in [-0.2, -0.15) is 0 Å². The van der Waals surface area contributed by atoms with Gasteiger partial charge in [0.15, 0.2) is 5.13 Å². The SMILES string of the molecule is CC[C@@H](C)NC(=O)CCN(Cc1ccccc1)C(=O)c1csc(Nc2cccc(C)c2)n1. The highest BCUT2D eigenvalue weighted by Crippen LogP contribution is 2.23. The lowest BCUT2D eigenvalue weighted by Crippen LogP contribution is -2.37. The quantitative estimate of drug-likeness (QED) is 0.448. The predicted octanol–water partition coefficient (Wildman–Crippen LogP) is 5.14. The summed E-state index contributed by atoms with van der Waals surface area (Å²) in [6.45, 7) is 6.78. The van der Waals surface area contributed by atoms with E-state index in [9.17, 15) is 9.59 Å². The van der Waals surface area contributed by atoms with E-state index in [1.54, 1.807) is 10.3 Å². The molecule has 168 valence electrons. The molecule has 3 rings (SSSR count). The van der Waals surface area contributed by atoms with Crippen molar-refractivity contribution in [3.05, 3.63) is 76.8 Å². The van der Waals surface area contributed by atoms with Crippen LogP contribution in [0.15, 0.2) is 60.0 Å². The van der Waals surface area contributed by atoms with Gasteiger partial charge in [-0.25, -0.2) is 4.98 Å². The van der Waals surface area contributed by atoms with Crippen molar-refractivity contribution < 1.29 is 9.59 Å². The van der Waals surface area contributed by atoms with Crippen molar-refractivity contribution in [2.45, 2.75) is 46.2 Å². The van der Waals surface area contributed by atoms with Crippen LogP contribution in [0.2, 0.25) is 0 Å². The smallest absolute Gasteiger partial charge is 0.273 e. The first kappa shape index (κ1) is 23.5. The first-order chi connectivity index (χ1) is 15.4. The Morgan fingerprint density at radius 3 is 2.62 bits per heavy atom. The topological polar surface area (TPSA) is 74.3 Å². The van der Waals surface area contributed by atoms with Crippen molar-refractivity contribution in [3.8, 4) is 0 Å². The van der Waals surface area contributed by atoms with Crippen LogP contribution in [0.3, 0.4) is 0 Å². The number of anilines is 2. The maximum absolute atomic E-state index is 13.3. The maximum Gasteiger partial charge on any atom is 0.273 e. The lowest BCUT2D eigenvalue weighted by atomic mass is 10.2. The largest absolute Gasteiger partial charge is 0.354 e. The van der Waals surface area contributed by atoms with Gasteiger partial charge in [0.05, 0.1) is 0 Å². The van der Waals surface area contributed by atoms with E-state index in [-0.39, 0.29) is 24.3 Å². The number of hydrogen-bond donors (Lipinski definition) is 2. The Kier molecular flexibility index (Phi) is 8.39. The van der Waals surface area contributed by atoms with Gasteiger partial charge >= 0.3 is 0 Å². The molecule has 0 fully saturated rings. The first-order valence-corrected chi connectivity index (χ1v) is 11.7. The van der Waals surface area contributed by atoms with Crippen LogP contribution in [0, 0.1) is 6.92 Å². The van der Waals surface area contributed by atoms with Gasteiger partial charge in [-0.05, 0) is 43.5 Å². The third-order valence-corrected chi connectivity index (χ3v) is 5.88. The summed E-state index contributed by atoms with van der Waals surface area (Å²) < 4.78 is 0. The molecule has 32 heavy (non-hydrogen) atoms. The number of aromatic nitrogens is 1. The van der Waals surface area contributed by atoms with E-state index >= 15 is 0 Å². The molecule has 0 spiro atoms. The van der Waals surface area contributed by atoms with Crippen molar-refractivity contribution in [1.82, 2.24) is 15.2 Å². The van der Waals surface area contributed by atoms with Crippen LogP contribution >= 0.6 is 11.3 Å². The number of carbonyl (C=O) groups excluding carboxylic acids is 2. The summed E-state index contributed by atoms with van der Waals surface area (Å²) in [5.41, 5.74) is 3.47. The molecule has 7 heteroatoms. The highest BCUT2D eigenvalue weighted by molar-refractivity contribution is 7.14. The maximum atomic E-state index is 13.3. The second-order valence-electron chi connectivity index (χ2n) is 7.87. The van der Waals surface area contributed by atoms with Gasteiger partial charge in [0.25, 0.3) is 5.91 Å². The monoisotopic (exact) mass is 450 g/mol. The number of nitrogens with one attached hydrogen (secondary N) is 2. The highest BCUT2D eigenvalue weighted by Gasteiger charge is 2.20. The fraction of sp³-hybridized carbons (Fsp3) is 0.320. The summed E-state index contributed by atoms with van der Waals surface area (Å²) in [4.78, 5) is 31.8. The number of aryl methyl sites for hydroxylation is 1. The fourth-order valence-electron chi connectivity index (χ4n) is 3.18. The normalized spacial score (nSPS) is 11.6. The molecule has 1 aromatic heterocycles. The van der Waals surface area contributed by atoms with Gasteiger partial charge < -0.3 is 15.5 Å². The van der Waals surface area contributed by atoms with E-state index in [2.05, 4.69) is 15.6 Å². The molecule has 0 aliphatic rings. The molecule has 2 amide bonds. The van der Waals surface area contributed by atoms with Gasteiger partial charge in [-0.1, -0.05) is 49.4 Å². The van der Waals surface area contributed by atoms with E-state index in [0.29, 0.717) is 23.9 Å². The van der Waals surface area contributed by atoms with Crippen LogP contribution in [0.4, 0.5) is 10.8 Å². The van der Waals surface area contributed by atoms with Gasteiger partial charge in [0, 0.05) is 36.6 Å². The van der Waals surface area contributed by atoms with Crippen LogP contribution in [0.5, 0.6) is 0 Å². The zero-order chi connectivity index (χ0) is 22.9. The van der Waals surface area contributed by atoms with Crippen LogP contribution < -0.4 is 10.6 Å². The second kappa shape index (κ2) is 11.4. The standard InChI is InChI=1S/C25H30N4O2S/c1-4-19(3)26-23(30)13-14-29(16-20-10-6-5-7-11-20)24(31)22-17-32-25(28-22)27-21-12-8-9-18(2)15-21/h5-12,15,17,19H,4,13-14,16H2,1-3H3,(H,26,30)(H,27,28)/t19-/m1/s1. The van der Waals surface area contributed by atoms with E-state index in [4.69, 9.17) is 0 Å². The van der Waals surface area contributed by atoms with Crippen molar-refractivity contribution in [3.63, 3.8) is 0 Å². The number of hydrogen-bond acceptors (Lipinski definition) is 5. The molecular formula is C25H30N4O2S. The number of thiazole rings is 1. The Morgan fingerprint density at radius 1 is 1.12 bits per heavy atom. The minimum absolute atomic E-state index is 0.0507. The first-order valence-electron chi connectivity index (χ1n) is 10.9. The molecule has 6 nitrogen and oxygen atoms in total. The molecular weight excluding hydrogens is 420 g/mol. The molecule has 0 unspecified atom stereocenters. The molecule has 2 N–H and O–H groups in total. The summed E-state index contributed by atoms with van der Waals surface area (Å²) >= 11 is 1.39. The average molecular weight is 451 g/mol.